The van der Waals surface area contributed by atoms with E-state index in [1.54, 1.807) is 12.1 Å². The maximum atomic E-state index is 13.9. The monoisotopic (exact) mass is 388 g/mol. The van der Waals surface area contributed by atoms with E-state index in [9.17, 15) is 9.18 Å². The van der Waals surface area contributed by atoms with Crippen LogP contribution in [-0.4, -0.2) is 11.1 Å². The minimum Gasteiger partial charge on any atom is -0.481 e. The summed E-state index contributed by atoms with van der Waals surface area (Å²) in [4.78, 5) is 12.0. The highest BCUT2D eigenvalue weighted by Gasteiger charge is 2.07. The molecule has 0 radical (unpaired) electrons. The van der Waals surface area contributed by atoms with Crippen LogP contribution >= 0.6 is 34.4 Å². The van der Waals surface area contributed by atoms with Gasteiger partial charge in [-0.1, -0.05) is 17.8 Å². The Balaban J connectivity index is 2.17. The van der Waals surface area contributed by atoms with Gasteiger partial charge in [-0.3, -0.25) is 4.79 Å². The summed E-state index contributed by atoms with van der Waals surface area (Å²) in [5.41, 5.74) is 0.469. The van der Waals surface area contributed by atoms with Crippen LogP contribution in [0.2, 0.25) is 0 Å². The van der Waals surface area contributed by atoms with Gasteiger partial charge in [-0.05, 0) is 64.6 Å². The van der Waals surface area contributed by atoms with E-state index in [1.165, 1.54) is 17.8 Å². The van der Waals surface area contributed by atoms with E-state index < -0.39 is 5.97 Å². The molecule has 0 aliphatic heterocycles. The number of carboxylic acids is 1. The lowest BCUT2D eigenvalue weighted by atomic mass is 10.1. The zero-order valence-corrected chi connectivity index (χ0v) is 12.7. The predicted octanol–water partition coefficient (Wildman–Crippen LogP) is 4.21. The molecule has 0 spiro atoms. The van der Waals surface area contributed by atoms with Crippen molar-refractivity contribution in [1.82, 2.24) is 0 Å². The van der Waals surface area contributed by atoms with E-state index in [2.05, 4.69) is 22.6 Å². The molecule has 2 rings (SSSR count). The fourth-order valence-corrected chi connectivity index (χ4v) is 2.72. The van der Waals surface area contributed by atoms with Crippen molar-refractivity contribution in [2.45, 2.75) is 16.2 Å². The summed E-state index contributed by atoms with van der Waals surface area (Å²) in [6.45, 7) is 0. The molecule has 2 aromatic carbocycles. The maximum absolute atomic E-state index is 13.9. The van der Waals surface area contributed by atoms with Crippen LogP contribution in [-0.2, 0) is 11.2 Å². The first-order valence-corrected chi connectivity index (χ1v) is 7.38. The van der Waals surface area contributed by atoms with E-state index in [0.717, 1.165) is 8.47 Å². The van der Waals surface area contributed by atoms with Crippen LogP contribution in [0.4, 0.5) is 4.39 Å². The molecule has 98 valence electrons. The molecule has 0 heterocycles. The molecule has 0 aliphatic rings. The zero-order valence-electron chi connectivity index (χ0n) is 9.77. The molecular formula is C14H10FIO2S. The highest BCUT2D eigenvalue weighted by atomic mass is 127. The van der Waals surface area contributed by atoms with Gasteiger partial charge in [-0.25, -0.2) is 4.39 Å². The van der Waals surface area contributed by atoms with Crippen molar-refractivity contribution < 1.29 is 14.3 Å². The quantitative estimate of drug-likeness (QED) is 0.798. The Morgan fingerprint density at radius 2 is 1.89 bits per heavy atom. The molecule has 5 heteroatoms. The predicted molar refractivity (Wildman–Crippen MR) is 81.0 cm³/mol. The largest absolute Gasteiger partial charge is 0.481 e. The lowest BCUT2D eigenvalue weighted by Gasteiger charge is -2.05. The van der Waals surface area contributed by atoms with Crippen LogP contribution in [0.25, 0.3) is 0 Å². The highest BCUT2D eigenvalue weighted by molar-refractivity contribution is 14.1. The SMILES string of the molecule is O=C(O)Cc1ccc(Sc2ccc(I)cc2)c(F)c1. The molecule has 0 aromatic heterocycles. The zero-order chi connectivity index (χ0) is 13.8. The molecule has 0 aliphatic carbocycles. The van der Waals surface area contributed by atoms with E-state index in [4.69, 9.17) is 5.11 Å². The topological polar surface area (TPSA) is 37.3 Å². The van der Waals surface area contributed by atoms with E-state index >= 15 is 0 Å². The first-order chi connectivity index (χ1) is 9.04. The normalized spacial score (nSPS) is 10.4. The molecule has 0 saturated heterocycles. The minimum atomic E-state index is -0.961. The average Bonchev–Trinajstić information content (AvgIpc) is 2.34. The highest BCUT2D eigenvalue weighted by Crippen LogP contribution is 2.30. The fourth-order valence-electron chi connectivity index (χ4n) is 1.54. The second kappa shape index (κ2) is 6.38. The molecule has 0 fully saturated rings. The van der Waals surface area contributed by atoms with Gasteiger partial charge < -0.3 is 5.11 Å². The fraction of sp³-hybridized carbons (Fsp3) is 0.0714. The molecule has 0 bridgehead atoms. The van der Waals surface area contributed by atoms with Crippen molar-refractivity contribution in [2.75, 3.05) is 0 Å². The van der Waals surface area contributed by atoms with Gasteiger partial charge >= 0.3 is 5.97 Å². The van der Waals surface area contributed by atoms with E-state index in [-0.39, 0.29) is 12.2 Å². The smallest absolute Gasteiger partial charge is 0.307 e. The van der Waals surface area contributed by atoms with Gasteiger partial charge in [0.05, 0.1) is 6.42 Å². The molecule has 19 heavy (non-hydrogen) atoms. The van der Waals surface area contributed by atoms with Crippen molar-refractivity contribution >= 4 is 40.3 Å². The lowest BCUT2D eigenvalue weighted by Crippen LogP contribution is -2.00. The average molecular weight is 388 g/mol. The summed E-state index contributed by atoms with van der Waals surface area (Å²) in [6, 6.07) is 12.3. The number of aliphatic carboxylic acids is 1. The van der Waals surface area contributed by atoms with Crippen molar-refractivity contribution in [3.63, 3.8) is 0 Å². The van der Waals surface area contributed by atoms with Crippen molar-refractivity contribution in [3.8, 4) is 0 Å². The van der Waals surface area contributed by atoms with Crippen LogP contribution in [0, 0.1) is 9.39 Å². The molecule has 2 nitrogen and oxygen atoms in total. The third kappa shape index (κ3) is 4.21. The third-order valence-electron chi connectivity index (χ3n) is 2.39. The number of carboxylic acid groups (broad SMARTS) is 1. The second-order valence-corrected chi connectivity index (χ2v) is 6.25. The summed E-state index contributed by atoms with van der Waals surface area (Å²) < 4.78 is 15.0. The first kappa shape index (κ1) is 14.3. The van der Waals surface area contributed by atoms with Gasteiger partial charge in [0.15, 0.2) is 0 Å². The van der Waals surface area contributed by atoms with Crippen LogP contribution < -0.4 is 0 Å². The van der Waals surface area contributed by atoms with Crippen molar-refractivity contribution in [1.29, 1.82) is 0 Å². The first-order valence-electron chi connectivity index (χ1n) is 5.48. The second-order valence-electron chi connectivity index (χ2n) is 3.89. The Hall–Kier alpha value is -1.08. The van der Waals surface area contributed by atoms with Gasteiger partial charge in [0.25, 0.3) is 0 Å². The molecule has 0 unspecified atom stereocenters. The van der Waals surface area contributed by atoms with E-state index in [0.29, 0.717) is 10.5 Å². The Morgan fingerprint density at radius 3 is 2.47 bits per heavy atom. The van der Waals surface area contributed by atoms with Crippen LogP contribution in [0.1, 0.15) is 5.56 Å². The summed E-state index contributed by atoms with van der Waals surface area (Å²) >= 11 is 3.54. The van der Waals surface area contributed by atoms with Crippen LogP contribution in [0.3, 0.4) is 0 Å². The number of benzene rings is 2. The summed E-state index contributed by atoms with van der Waals surface area (Å²) in [5, 5.41) is 8.66. The standard InChI is InChI=1S/C14H10FIO2S/c15-12-7-9(8-14(17)18)1-6-13(12)19-11-4-2-10(16)3-5-11/h1-7H,8H2,(H,17,18). The van der Waals surface area contributed by atoms with Gasteiger partial charge in [-0.2, -0.15) is 0 Å². The lowest BCUT2D eigenvalue weighted by molar-refractivity contribution is -0.136. The molecule has 1 N–H and O–H groups in total. The Kier molecular flexibility index (Phi) is 4.81. The van der Waals surface area contributed by atoms with Crippen LogP contribution in [0.15, 0.2) is 52.3 Å². The summed E-state index contributed by atoms with van der Waals surface area (Å²) in [7, 11) is 0. The molecule has 0 saturated carbocycles. The number of hydrogen-bond donors (Lipinski definition) is 1. The molecule has 2 aromatic rings. The Labute approximate surface area is 128 Å². The van der Waals surface area contributed by atoms with Gasteiger partial charge in [0.1, 0.15) is 5.82 Å². The van der Waals surface area contributed by atoms with E-state index in [1.807, 2.05) is 24.3 Å². The number of carbonyl (C=O) groups is 1. The molecule has 0 amide bonds. The molecular weight excluding hydrogens is 378 g/mol. The summed E-state index contributed by atoms with van der Waals surface area (Å²) in [5.74, 6) is -1.35. The van der Waals surface area contributed by atoms with Gasteiger partial charge in [0.2, 0.25) is 0 Å². The summed E-state index contributed by atoms with van der Waals surface area (Å²) in [6.07, 6.45) is -0.161. The minimum absolute atomic E-state index is 0.161. The maximum Gasteiger partial charge on any atom is 0.307 e. The number of rotatable bonds is 4. The van der Waals surface area contributed by atoms with Crippen molar-refractivity contribution in [3.05, 3.63) is 57.4 Å². The van der Waals surface area contributed by atoms with Gasteiger partial charge in [0, 0.05) is 13.4 Å². The number of halogens is 2. The molecule has 0 atom stereocenters. The third-order valence-corrected chi connectivity index (χ3v) is 4.17. The van der Waals surface area contributed by atoms with Gasteiger partial charge in [-0.15, -0.1) is 0 Å². The van der Waals surface area contributed by atoms with Crippen LogP contribution in [0.5, 0.6) is 0 Å². The Morgan fingerprint density at radius 1 is 1.21 bits per heavy atom. The van der Waals surface area contributed by atoms with Crippen molar-refractivity contribution in [2.24, 2.45) is 0 Å². The number of hydrogen-bond acceptors (Lipinski definition) is 2. The Bertz CT molecular complexity index is 599.